The molecule has 0 aliphatic carbocycles. The Morgan fingerprint density at radius 3 is 2.50 bits per heavy atom. The first-order chi connectivity index (χ1) is 6.32. The number of halogens is 2. The van der Waals surface area contributed by atoms with Gasteiger partial charge in [0.2, 0.25) is 0 Å². The molecule has 0 spiro atoms. The van der Waals surface area contributed by atoms with Crippen LogP contribution < -0.4 is 5.56 Å². The minimum Gasteiger partial charge on any atom is -0.267 e. The van der Waals surface area contributed by atoms with Crippen LogP contribution in [0.5, 0.6) is 0 Å². The molecule has 0 amide bonds. The fourth-order valence-corrected chi connectivity index (χ4v) is 1.03. The number of rotatable bonds is 2. The molecule has 5 heteroatoms. The lowest BCUT2D eigenvalue weighted by Gasteiger charge is -2.15. The standard InChI is InChI=1S/C9H12F2N2O/c1-6(2)7-5-13(9(3,10)11)8(14)4-12-7/h4-6H,1-3H3. The number of hydrogen-bond donors (Lipinski definition) is 0. The van der Waals surface area contributed by atoms with E-state index in [1.54, 1.807) is 0 Å². The first-order valence-electron chi connectivity index (χ1n) is 4.29. The van der Waals surface area contributed by atoms with Gasteiger partial charge in [0, 0.05) is 13.1 Å². The monoisotopic (exact) mass is 202 g/mol. The molecule has 0 aromatic carbocycles. The van der Waals surface area contributed by atoms with E-state index in [4.69, 9.17) is 0 Å². The Labute approximate surface area is 80.4 Å². The smallest absolute Gasteiger partial charge is 0.267 e. The SMILES string of the molecule is CC(C)c1cn(C(C)(F)F)c(=O)cn1. The maximum absolute atomic E-state index is 12.9. The summed E-state index contributed by atoms with van der Waals surface area (Å²) in [6, 6.07) is -3.18. The van der Waals surface area contributed by atoms with Gasteiger partial charge in [-0.05, 0) is 5.92 Å². The molecule has 0 aliphatic rings. The van der Waals surface area contributed by atoms with Crippen LogP contribution in [0.4, 0.5) is 8.78 Å². The number of nitrogens with zero attached hydrogens (tertiary/aromatic N) is 2. The molecule has 0 N–H and O–H groups in total. The van der Waals surface area contributed by atoms with Gasteiger partial charge in [0.05, 0.1) is 11.9 Å². The van der Waals surface area contributed by atoms with Crippen LogP contribution in [0, 0.1) is 0 Å². The van der Waals surface area contributed by atoms with Gasteiger partial charge in [-0.3, -0.25) is 14.3 Å². The van der Waals surface area contributed by atoms with E-state index in [1.165, 1.54) is 0 Å². The largest absolute Gasteiger partial charge is 0.329 e. The molecule has 0 bridgehead atoms. The topological polar surface area (TPSA) is 34.9 Å². The summed E-state index contributed by atoms with van der Waals surface area (Å²) in [7, 11) is 0. The van der Waals surface area contributed by atoms with E-state index in [9.17, 15) is 13.6 Å². The lowest BCUT2D eigenvalue weighted by molar-refractivity contribution is -0.0646. The van der Waals surface area contributed by atoms with Crippen LogP contribution in [0.25, 0.3) is 0 Å². The molecule has 0 atom stereocenters. The molecule has 1 heterocycles. The fourth-order valence-electron chi connectivity index (χ4n) is 1.03. The Kier molecular flexibility index (Phi) is 2.69. The van der Waals surface area contributed by atoms with Crippen LogP contribution in [0.15, 0.2) is 17.2 Å². The summed E-state index contributed by atoms with van der Waals surface area (Å²) < 4.78 is 26.2. The maximum Gasteiger partial charge on any atom is 0.329 e. The highest BCUT2D eigenvalue weighted by Crippen LogP contribution is 2.18. The summed E-state index contributed by atoms with van der Waals surface area (Å²) in [5, 5.41) is 0. The molecule has 3 nitrogen and oxygen atoms in total. The Morgan fingerprint density at radius 1 is 1.50 bits per heavy atom. The van der Waals surface area contributed by atoms with Crippen LogP contribution in [0.1, 0.15) is 32.4 Å². The lowest BCUT2D eigenvalue weighted by Crippen LogP contribution is -2.31. The molecule has 0 radical (unpaired) electrons. The van der Waals surface area contributed by atoms with Crippen molar-refractivity contribution in [3.63, 3.8) is 0 Å². The van der Waals surface area contributed by atoms with E-state index in [-0.39, 0.29) is 5.92 Å². The van der Waals surface area contributed by atoms with Gasteiger partial charge >= 0.3 is 6.05 Å². The maximum atomic E-state index is 12.9. The summed E-state index contributed by atoms with van der Waals surface area (Å²) in [5.74, 6) is 0.0178. The average Bonchev–Trinajstić information content (AvgIpc) is 2.02. The van der Waals surface area contributed by atoms with E-state index in [1.807, 2.05) is 13.8 Å². The van der Waals surface area contributed by atoms with Crippen molar-refractivity contribution in [2.45, 2.75) is 32.7 Å². The first kappa shape index (κ1) is 10.8. The van der Waals surface area contributed by atoms with Gasteiger partial charge in [0.15, 0.2) is 0 Å². The fraction of sp³-hybridized carbons (Fsp3) is 0.556. The van der Waals surface area contributed by atoms with Crippen LogP contribution in [-0.4, -0.2) is 9.55 Å². The quantitative estimate of drug-likeness (QED) is 0.734. The van der Waals surface area contributed by atoms with Gasteiger partial charge in [-0.15, -0.1) is 0 Å². The molecular weight excluding hydrogens is 190 g/mol. The first-order valence-corrected chi connectivity index (χ1v) is 4.29. The van der Waals surface area contributed by atoms with Gasteiger partial charge in [-0.1, -0.05) is 13.8 Å². The van der Waals surface area contributed by atoms with E-state index in [0.717, 1.165) is 12.4 Å². The zero-order valence-electron chi connectivity index (χ0n) is 8.29. The highest BCUT2D eigenvalue weighted by molar-refractivity contribution is 5.02. The second-order valence-corrected chi connectivity index (χ2v) is 3.52. The predicted molar refractivity (Wildman–Crippen MR) is 48.5 cm³/mol. The highest BCUT2D eigenvalue weighted by atomic mass is 19.3. The number of hydrogen-bond acceptors (Lipinski definition) is 2. The van der Waals surface area contributed by atoms with Gasteiger partial charge in [-0.2, -0.15) is 8.78 Å². The minimum atomic E-state index is -3.18. The number of alkyl halides is 2. The van der Waals surface area contributed by atoms with E-state index >= 15 is 0 Å². The third kappa shape index (κ3) is 2.16. The minimum absolute atomic E-state index is 0.0178. The average molecular weight is 202 g/mol. The molecule has 1 aromatic rings. The summed E-state index contributed by atoms with van der Waals surface area (Å²) in [6.07, 6.45) is 2.03. The van der Waals surface area contributed by atoms with Gasteiger partial charge < -0.3 is 0 Å². The zero-order valence-corrected chi connectivity index (χ0v) is 8.29. The van der Waals surface area contributed by atoms with Crippen molar-refractivity contribution >= 4 is 0 Å². The van der Waals surface area contributed by atoms with Crippen molar-refractivity contribution in [3.8, 4) is 0 Å². The summed E-state index contributed by atoms with van der Waals surface area (Å²) in [4.78, 5) is 14.8. The summed E-state index contributed by atoms with van der Waals surface area (Å²) in [6.45, 7) is 4.33. The Bertz CT molecular complexity index is 379. The molecule has 78 valence electrons. The third-order valence-electron chi connectivity index (χ3n) is 1.84. The second kappa shape index (κ2) is 3.48. The molecular formula is C9H12F2N2O. The van der Waals surface area contributed by atoms with Crippen LogP contribution in [0.3, 0.4) is 0 Å². The molecule has 0 unspecified atom stereocenters. The zero-order chi connectivity index (χ0) is 10.9. The van der Waals surface area contributed by atoms with Crippen molar-refractivity contribution in [2.75, 3.05) is 0 Å². The molecule has 0 aliphatic heterocycles. The van der Waals surface area contributed by atoms with Gasteiger partial charge in [-0.25, -0.2) is 0 Å². The molecule has 1 aromatic heterocycles. The van der Waals surface area contributed by atoms with Crippen LogP contribution in [0.2, 0.25) is 0 Å². The van der Waals surface area contributed by atoms with Gasteiger partial charge in [0.1, 0.15) is 0 Å². The lowest BCUT2D eigenvalue weighted by atomic mass is 10.1. The molecule has 0 fully saturated rings. The second-order valence-electron chi connectivity index (χ2n) is 3.52. The number of aromatic nitrogens is 2. The third-order valence-corrected chi connectivity index (χ3v) is 1.84. The molecule has 0 saturated carbocycles. The van der Waals surface area contributed by atoms with E-state index < -0.39 is 11.6 Å². The molecule has 14 heavy (non-hydrogen) atoms. The van der Waals surface area contributed by atoms with Crippen molar-refractivity contribution < 1.29 is 8.78 Å². The Morgan fingerprint density at radius 2 is 2.07 bits per heavy atom. The van der Waals surface area contributed by atoms with Crippen LogP contribution in [-0.2, 0) is 6.05 Å². The van der Waals surface area contributed by atoms with Crippen molar-refractivity contribution in [3.05, 3.63) is 28.4 Å². The summed E-state index contributed by atoms with van der Waals surface area (Å²) >= 11 is 0. The Balaban J connectivity index is 3.30. The van der Waals surface area contributed by atoms with Gasteiger partial charge in [0.25, 0.3) is 5.56 Å². The van der Waals surface area contributed by atoms with Crippen LogP contribution >= 0.6 is 0 Å². The van der Waals surface area contributed by atoms with E-state index in [0.29, 0.717) is 17.2 Å². The predicted octanol–water partition coefficient (Wildman–Crippen LogP) is 1.94. The van der Waals surface area contributed by atoms with Crippen molar-refractivity contribution in [1.29, 1.82) is 0 Å². The van der Waals surface area contributed by atoms with E-state index in [2.05, 4.69) is 4.98 Å². The van der Waals surface area contributed by atoms with Crippen molar-refractivity contribution in [2.24, 2.45) is 0 Å². The molecule has 0 saturated heterocycles. The molecule has 1 rings (SSSR count). The Hall–Kier alpha value is -1.26. The highest BCUT2D eigenvalue weighted by Gasteiger charge is 2.25. The normalized spacial score (nSPS) is 12.1. The summed E-state index contributed by atoms with van der Waals surface area (Å²) in [5.41, 5.74) is -0.312. The van der Waals surface area contributed by atoms with Crippen molar-refractivity contribution in [1.82, 2.24) is 9.55 Å².